The zero-order valence-electron chi connectivity index (χ0n) is 22.1. The van der Waals surface area contributed by atoms with Crippen LogP contribution in [0.5, 0.6) is 0 Å². The van der Waals surface area contributed by atoms with Gasteiger partial charge in [-0.2, -0.15) is 9.40 Å². The first-order valence-electron chi connectivity index (χ1n) is 13.5. The first-order chi connectivity index (χ1) is 17.6. The van der Waals surface area contributed by atoms with E-state index in [-0.39, 0.29) is 18.0 Å². The van der Waals surface area contributed by atoms with Crippen molar-refractivity contribution in [2.75, 3.05) is 45.5 Å². The van der Waals surface area contributed by atoms with E-state index in [1.54, 1.807) is 0 Å². The lowest BCUT2D eigenvalue weighted by Gasteiger charge is -2.41. The Labute approximate surface area is 219 Å². The van der Waals surface area contributed by atoms with Crippen LogP contribution in [0.25, 0.3) is 10.9 Å². The Kier molecular flexibility index (Phi) is 7.61. The first kappa shape index (κ1) is 26.6. The molecule has 1 aromatic carbocycles. The van der Waals surface area contributed by atoms with Crippen molar-refractivity contribution < 1.29 is 18.3 Å². The molecule has 4 atom stereocenters. The summed E-state index contributed by atoms with van der Waals surface area (Å²) in [4.78, 5) is 17.9. The van der Waals surface area contributed by atoms with E-state index in [0.717, 1.165) is 36.6 Å². The van der Waals surface area contributed by atoms with Crippen molar-refractivity contribution in [3.63, 3.8) is 0 Å². The monoisotopic (exact) mass is 532 g/mol. The summed E-state index contributed by atoms with van der Waals surface area (Å²) >= 11 is 0. The van der Waals surface area contributed by atoms with Crippen molar-refractivity contribution in [3.8, 4) is 0 Å². The molecule has 2 bridgehead atoms. The number of β-amino-alcohol motifs (C(OH)–C–C–N with tert-alkyl or cyclic N) is 1. The van der Waals surface area contributed by atoms with Crippen molar-refractivity contribution in [1.29, 1.82) is 0 Å². The molecule has 0 aliphatic carbocycles. The van der Waals surface area contributed by atoms with E-state index >= 15 is 0 Å². The molecular weight excluding hydrogens is 492 g/mol. The third kappa shape index (κ3) is 5.70. The number of nitrogens with one attached hydrogen (secondary N) is 1. The van der Waals surface area contributed by atoms with Crippen LogP contribution in [0.3, 0.4) is 0 Å². The molecule has 0 unspecified atom stereocenters. The third-order valence-corrected chi connectivity index (χ3v) is 9.53. The summed E-state index contributed by atoms with van der Waals surface area (Å²) in [5, 5.41) is 19.7. The fourth-order valence-electron chi connectivity index (χ4n) is 6.44. The normalized spacial score (nSPS) is 26.7. The standard InChI is InChI=1S/C26H40N6O4S/c1-18(2)32-24-7-5-4-6-23(24)25(28-32)26(34)27-19-14-20-8-9-21(15-19)31(20)17-22(33)16-29-10-12-30(13-11-29)37(3,35)36/h4-7,18-22,33H,8-17H2,1-3H3,(H,27,34)/t19-,20-,21+,22-/m0/s1. The summed E-state index contributed by atoms with van der Waals surface area (Å²) in [6.07, 6.45) is 4.70. The Morgan fingerprint density at radius 2 is 1.73 bits per heavy atom. The zero-order valence-corrected chi connectivity index (χ0v) is 22.9. The maximum Gasteiger partial charge on any atom is 0.272 e. The number of piperazine rings is 1. The molecule has 0 radical (unpaired) electrons. The topological polar surface area (TPSA) is 111 Å². The van der Waals surface area contributed by atoms with Gasteiger partial charge in [0.2, 0.25) is 10.0 Å². The van der Waals surface area contributed by atoms with Gasteiger partial charge < -0.3 is 10.4 Å². The molecule has 4 heterocycles. The van der Waals surface area contributed by atoms with Gasteiger partial charge in [-0.3, -0.25) is 19.3 Å². The summed E-state index contributed by atoms with van der Waals surface area (Å²) in [6, 6.07) is 8.87. The number of fused-ring (bicyclic) bond motifs is 3. The number of piperidine rings is 1. The molecule has 1 aromatic heterocycles. The number of aliphatic hydroxyl groups excluding tert-OH is 1. The average molecular weight is 533 g/mol. The summed E-state index contributed by atoms with van der Waals surface area (Å²) in [5.74, 6) is -0.110. The lowest BCUT2D eigenvalue weighted by atomic mass is 9.96. The minimum absolute atomic E-state index is 0.102. The van der Waals surface area contributed by atoms with Gasteiger partial charge in [-0.15, -0.1) is 0 Å². The highest BCUT2D eigenvalue weighted by molar-refractivity contribution is 7.88. The van der Waals surface area contributed by atoms with Gasteiger partial charge in [0.25, 0.3) is 5.91 Å². The fourth-order valence-corrected chi connectivity index (χ4v) is 7.26. The van der Waals surface area contributed by atoms with Gasteiger partial charge in [-0.05, 0) is 45.6 Å². The second kappa shape index (κ2) is 10.6. The second-order valence-electron chi connectivity index (χ2n) is 11.2. The molecule has 37 heavy (non-hydrogen) atoms. The highest BCUT2D eigenvalue weighted by Crippen LogP contribution is 2.36. The summed E-state index contributed by atoms with van der Waals surface area (Å²) in [5.41, 5.74) is 1.47. The van der Waals surface area contributed by atoms with Crippen LogP contribution >= 0.6 is 0 Å². The van der Waals surface area contributed by atoms with E-state index in [2.05, 4.69) is 34.1 Å². The van der Waals surface area contributed by atoms with Gasteiger partial charge >= 0.3 is 0 Å². The number of aliphatic hydroxyl groups is 1. The van der Waals surface area contributed by atoms with Gasteiger partial charge in [0.15, 0.2) is 5.69 Å². The van der Waals surface area contributed by atoms with Crippen LogP contribution in [0.1, 0.15) is 56.1 Å². The van der Waals surface area contributed by atoms with Gasteiger partial charge in [0, 0.05) is 68.8 Å². The van der Waals surface area contributed by atoms with Crippen LogP contribution in [0.15, 0.2) is 24.3 Å². The Balaban J connectivity index is 1.15. The van der Waals surface area contributed by atoms with Crippen LogP contribution < -0.4 is 5.32 Å². The number of carbonyl (C=O) groups excluding carboxylic acids is 1. The van der Waals surface area contributed by atoms with Crippen molar-refractivity contribution in [2.45, 2.75) is 69.8 Å². The third-order valence-electron chi connectivity index (χ3n) is 8.23. The Hall–Kier alpha value is -2.05. The highest BCUT2D eigenvalue weighted by atomic mass is 32.2. The van der Waals surface area contributed by atoms with E-state index < -0.39 is 16.1 Å². The molecule has 11 heteroatoms. The predicted octanol–water partition coefficient (Wildman–Crippen LogP) is 1.28. The van der Waals surface area contributed by atoms with Crippen LogP contribution in [-0.4, -0.2) is 113 Å². The average Bonchev–Trinajstić information content (AvgIpc) is 3.33. The van der Waals surface area contributed by atoms with Crippen molar-refractivity contribution >= 4 is 26.8 Å². The predicted molar refractivity (Wildman–Crippen MR) is 143 cm³/mol. The number of aromatic nitrogens is 2. The number of sulfonamides is 1. The van der Waals surface area contributed by atoms with Crippen LogP contribution in [-0.2, 0) is 10.0 Å². The van der Waals surface area contributed by atoms with Crippen LogP contribution in [0.4, 0.5) is 0 Å². The Morgan fingerprint density at radius 3 is 2.35 bits per heavy atom. The van der Waals surface area contributed by atoms with E-state index in [4.69, 9.17) is 0 Å². The van der Waals surface area contributed by atoms with Crippen molar-refractivity contribution in [2.24, 2.45) is 0 Å². The summed E-state index contributed by atoms with van der Waals surface area (Å²) in [6.45, 7) is 7.56. The number of rotatable bonds is 8. The molecule has 10 nitrogen and oxygen atoms in total. The maximum atomic E-state index is 13.3. The second-order valence-corrected chi connectivity index (χ2v) is 13.2. The van der Waals surface area contributed by atoms with E-state index in [1.165, 1.54) is 10.6 Å². The smallest absolute Gasteiger partial charge is 0.272 e. The minimum atomic E-state index is -3.15. The number of para-hydroxylation sites is 1. The van der Waals surface area contributed by atoms with Gasteiger partial charge in [-0.25, -0.2) is 8.42 Å². The highest BCUT2D eigenvalue weighted by Gasteiger charge is 2.42. The minimum Gasteiger partial charge on any atom is -0.390 e. The number of carbonyl (C=O) groups is 1. The first-order valence-corrected chi connectivity index (χ1v) is 15.3. The molecule has 0 spiro atoms. The molecule has 0 saturated carbocycles. The van der Waals surface area contributed by atoms with Crippen molar-refractivity contribution in [3.05, 3.63) is 30.0 Å². The van der Waals surface area contributed by atoms with Gasteiger partial charge in [-0.1, -0.05) is 18.2 Å². The zero-order chi connectivity index (χ0) is 26.3. The molecule has 1 amide bonds. The molecule has 2 N–H and O–H groups in total. The number of hydrogen-bond donors (Lipinski definition) is 2. The maximum absolute atomic E-state index is 13.3. The molecule has 2 aromatic rings. The van der Waals surface area contributed by atoms with Gasteiger partial charge in [0.1, 0.15) is 0 Å². The van der Waals surface area contributed by atoms with E-state index in [9.17, 15) is 18.3 Å². The van der Waals surface area contributed by atoms with E-state index in [0.29, 0.717) is 57.0 Å². The lowest BCUT2D eigenvalue weighted by molar-refractivity contribution is 0.0276. The molecule has 3 aliphatic rings. The molecule has 3 saturated heterocycles. The molecule has 3 aliphatic heterocycles. The SMILES string of the molecule is CC(C)n1nc(C(=O)N[C@@H]2C[C@H]3CC[C@@H](C2)N3C[C@@H](O)CN2CCN(S(C)(=O)=O)CC2)c2ccccc21. The molecular formula is C26H40N6O4S. The largest absolute Gasteiger partial charge is 0.390 e. The number of benzene rings is 1. The number of nitrogens with zero attached hydrogens (tertiary/aromatic N) is 5. The Morgan fingerprint density at radius 1 is 1.08 bits per heavy atom. The van der Waals surface area contributed by atoms with Crippen LogP contribution in [0, 0.1) is 0 Å². The quantitative estimate of drug-likeness (QED) is 0.527. The molecule has 5 rings (SSSR count). The fraction of sp³-hybridized carbons (Fsp3) is 0.692. The number of hydrogen-bond acceptors (Lipinski definition) is 7. The Bertz CT molecular complexity index is 1210. The molecule has 204 valence electrons. The van der Waals surface area contributed by atoms with Gasteiger partial charge in [0.05, 0.1) is 17.9 Å². The summed E-state index contributed by atoms with van der Waals surface area (Å²) < 4.78 is 26.9. The van der Waals surface area contributed by atoms with Crippen LogP contribution in [0.2, 0.25) is 0 Å². The number of amides is 1. The lowest BCUT2D eigenvalue weighted by Crippen LogP contribution is -2.54. The molecule has 3 fully saturated rings. The van der Waals surface area contributed by atoms with Crippen molar-refractivity contribution in [1.82, 2.24) is 29.2 Å². The summed E-state index contributed by atoms with van der Waals surface area (Å²) in [7, 11) is -3.15. The van der Waals surface area contributed by atoms with E-state index in [1.807, 2.05) is 28.9 Å².